The molecule has 2 heterocycles. The number of rotatable bonds is 4. The third-order valence-electron chi connectivity index (χ3n) is 4.35. The highest BCUT2D eigenvalue weighted by Gasteiger charge is 2.37. The second-order valence-electron chi connectivity index (χ2n) is 6.15. The van der Waals surface area contributed by atoms with Crippen LogP contribution in [0.25, 0.3) is 0 Å². The van der Waals surface area contributed by atoms with Gasteiger partial charge >= 0.3 is 6.18 Å². The molecule has 2 aliphatic heterocycles. The number of hydrogen-bond donors (Lipinski definition) is 1. The summed E-state index contributed by atoms with van der Waals surface area (Å²) in [4.78, 5) is 27.2. The number of likely N-dealkylation sites (tertiary alicyclic amines) is 1. The van der Waals surface area contributed by atoms with Crippen molar-refractivity contribution < 1.29 is 27.5 Å². The van der Waals surface area contributed by atoms with Crippen LogP contribution in [0.4, 0.5) is 13.2 Å². The average Bonchev–Trinajstić information content (AvgIpc) is 2.58. The molecule has 0 aliphatic carbocycles. The van der Waals surface area contributed by atoms with Crippen molar-refractivity contribution in [2.24, 2.45) is 5.92 Å². The maximum Gasteiger partial charge on any atom is 0.406 e. The lowest BCUT2D eigenvalue weighted by Crippen LogP contribution is -2.54. The molecule has 25 heavy (non-hydrogen) atoms. The molecule has 2 saturated heterocycles. The van der Waals surface area contributed by atoms with E-state index in [4.69, 9.17) is 4.74 Å². The monoisotopic (exact) mass is 387 g/mol. The topological polar surface area (TPSA) is 61.9 Å². The molecule has 1 N–H and O–H groups in total. The van der Waals surface area contributed by atoms with Crippen LogP contribution in [0, 0.1) is 5.92 Å². The first-order chi connectivity index (χ1) is 11.3. The molecule has 0 radical (unpaired) electrons. The first-order valence-electron chi connectivity index (χ1n) is 8.28. The maximum atomic E-state index is 12.6. The van der Waals surface area contributed by atoms with E-state index in [-0.39, 0.29) is 31.4 Å². The van der Waals surface area contributed by atoms with E-state index in [0.717, 1.165) is 4.90 Å². The van der Waals surface area contributed by atoms with Crippen molar-refractivity contribution in [3.63, 3.8) is 0 Å². The number of carbonyl (C=O) groups excluding carboxylic acids is 2. The largest absolute Gasteiger partial charge is 0.406 e. The van der Waals surface area contributed by atoms with E-state index in [0.29, 0.717) is 39.1 Å². The molecule has 0 aromatic heterocycles. The van der Waals surface area contributed by atoms with E-state index in [1.54, 1.807) is 4.90 Å². The number of morpholine rings is 1. The number of piperidine rings is 1. The van der Waals surface area contributed by atoms with Gasteiger partial charge in [-0.25, -0.2) is 0 Å². The second-order valence-corrected chi connectivity index (χ2v) is 6.15. The molecule has 6 nitrogen and oxygen atoms in total. The fourth-order valence-corrected chi connectivity index (χ4v) is 3.13. The van der Waals surface area contributed by atoms with Crippen molar-refractivity contribution in [1.82, 2.24) is 15.1 Å². The number of nitrogens with one attached hydrogen (secondary N) is 1. The number of halogens is 4. The normalized spacial score (nSPS) is 24.4. The van der Waals surface area contributed by atoms with E-state index in [1.165, 1.54) is 6.92 Å². The number of amides is 2. The van der Waals surface area contributed by atoms with E-state index in [1.807, 2.05) is 0 Å². The van der Waals surface area contributed by atoms with Gasteiger partial charge in [0.1, 0.15) is 12.6 Å². The number of hydrogen-bond acceptors (Lipinski definition) is 4. The van der Waals surface area contributed by atoms with Crippen molar-refractivity contribution in [2.75, 3.05) is 45.9 Å². The molecule has 0 bridgehead atoms. The van der Waals surface area contributed by atoms with E-state index >= 15 is 0 Å². The molecule has 0 saturated carbocycles. The lowest BCUT2D eigenvalue weighted by molar-refractivity contribution is -0.165. The molecular formula is C15H25ClF3N3O3. The van der Waals surface area contributed by atoms with Gasteiger partial charge in [-0.15, -0.1) is 12.4 Å². The molecule has 146 valence electrons. The lowest BCUT2D eigenvalue weighted by Gasteiger charge is -2.37. The highest BCUT2D eigenvalue weighted by atomic mass is 35.5. The highest BCUT2D eigenvalue weighted by molar-refractivity contribution is 5.85. The van der Waals surface area contributed by atoms with Crippen LogP contribution >= 0.6 is 12.4 Å². The summed E-state index contributed by atoms with van der Waals surface area (Å²) in [5.41, 5.74) is 0. The van der Waals surface area contributed by atoms with Gasteiger partial charge < -0.3 is 19.9 Å². The van der Waals surface area contributed by atoms with Gasteiger partial charge in [0.2, 0.25) is 5.91 Å². The third-order valence-corrected chi connectivity index (χ3v) is 4.35. The summed E-state index contributed by atoms with van der Waals surface area (Å²) < 4.78 is 43.2. The van der Waals surface area contributed by atoms with Gasteiger partial charge in [-0.3, -0.25) is 9.59 Å². The first-order valence-corrected chi connectivity index (χ1v) is 8.28. The Morgan fingerprint density at radius 3 is 2.64 bits per heavy atom. The number of carbonyl (C=O) groups is 2. The maximum absolute atomic E-state index is 12.6. The summed E-state index contributed by atoms with van der Waals surface area (Å²) in [6.45, 7) is 2.50. The predicted molar refractivity (Wildman–Crippen MR) is 87.5 cm³/mol. The van der Waals surface area contributed by atoms with Gasteiger partial charge in [0.15, 0.2) is 0 Å². The van der Waals surface area contributed by atoms with E-state index in [2.05, 4.69) is 5.32 Å². The summed E-state index contributed by atoms with van der Waals surface area (Å²) >= 11 is 0. The summed E-state index contributed by atoms with van der Waals surface area (Å²) in [5, 5.41) is 3.07. The third kappa shape index (κ3) is 6.31. The molecule has 2 fully saturated rings. The minimum absolute atomic E-state index is 0. The van der Waals surface area contributed by atoms with Gasteiger partial charge in [0.05, 0.1) is 12.5 Å². The molecule has 2 unspecified atom stereocenters. The van der Waals surface area contributed by atoms with Crippen LogP contribution in [-0.2, 0) is 14.3 Å². The quantitative estimate of drug-likeness (QED) is 0.783. The fraction of sp³-hybridized carbons (Fsp3) is 0.867. The van der Waals surface area contributed by atoms with Crippen LogP contribution in [-0.4, -0.2) is 79.8 Å². The minimum atomic E-state index is -4.42. The van der Waals surface area contributed by atoms with Gasteiger partial charge in [-0.05, 0) is 19.8 Å². The Morgan fingerprint density at radius 1 is 1.36 bits per heavy atom. The molecule has 0 spiro atoms. The van der Waals surface area contributed by atoms with Crippen molar-refractivity contribution in [2.45, 2.75) is 32.0 Å². The second kappa shape index (κ2) is 9.59. The Hall–Kier alpha value is -1.06. The van der Waals surface area contributed by atoms with Crippen molar-refractivity contribution in [3.8, 4) is 0 Å². The Bertz CT molecular complexity index is 459. The number of ether oxygens (including phenoxy) is 1. The molecule has 2 atom stereocenters. The zero-order valence-corrected chi connectivity index (χ0v) is 15.0. The predicted octanol–water partition coefficient (Wildman–Crippen LogP) is 1.05. The zero-order valence-electron chi connectivity index (χ0n) is 14.2. The van der Waals surface area contributed by atoms with Crippen LogP contribution in [0.5, 0.6) is 0 Å². The fourth-order valence-electron chi connectivity index (χ4n) is 3.13. The standard InChI is InChI=1S/C15H24F3N3O3.ClH/c1-2-20(10-15(16,17)18)13(22)11-4-3-6-21(9-11)14(23)12-8-19-5-7-24-12;/h11-12,19H,2-10H2,1H3;1H. The van der Waals surface area contributed by atoms with Gasteiger partial charge in [-0.1, -0.05) is 0 Å². The highest BCUT2D eigenvalue weighted by Crippen LogP contribution is 2.23. The summed E-state index contributed by atoms with van der Waals surface area (Å²) in [6.07, 6.45) is -3.89. The van der Waals surface area contributed by atoms with Crippen LogP contribution < -0.4 is 5.32 Å². The van der Waals surface area contributed by atoms with Crippen molar-refractivity contribution in [1.29, 1.82) is 0 Å². The summed E-state index contributed by atoms with van der Waals surface area (Å²) in [5.74, 6) is -1.31. The average molecular weight is 388 g/mol. The molecule has 0 aromatic carbocycles. The summed E-state index contributed by atoms with van der Waals surface area (Å²) in [7, 11) is 0. The molecule has 2 rings (SSSR count). The Balaban J connectivity index is 0.00000312. The van der Waals surface area contributed by atoms with Crippen LogP contribution in [0.2, 0.25) is 0 Å². The molecule has 2 aliphatic rings. The van der Waals surface area contributed by atoms with Gasteiger partial charge in [-0.2, -0.15) is 13.2 Å². The number of nitrogens with zero attached hydrogens (tertiary/aromatic N) is 2. The Morgan fingerprint density at radius 2 is 2.08 bits per heavy atom. The summed E-state index contributed by atoms with van der Waals surface area (Å²) in [6, 6.07) is 0. The SMILES string of the molecule is CCN(CC(F)(F)F)C(=O)C1CCCN(C(=O)C2CNCCO2)C1.Cl. The molecule has 0 aromatic rings. The first kappa shape index (κ1) is 22.0. The van der Waals surface area contributed by atoms with E-state index < -0.39 is 30.7 Å². The van der Waals surface area contributed by atoms with Crippen LogP contribution in [0.1, 0.15) is 19.8 Å². The minimum Gasteiger partial charge on any atom is -0.366 e. The van der Waals surface area contributed by atoms with Crippen molar-refractivity contribution >= 4 is 24.2 Å². The van der Waals surface area contributed by atoms with Gasteiger partial charge in [0.25, 0.3) is 5.91 Å². The molecule has 10 heteroatoms. The molecule has 2 amide bonds. The van der Waals surface area contributed by atoms with E-state index in [9.17, 15) is 22.8 Å². The zero-order chi connectivity index (χ0) is 17.7. The Kier molecular flexibility index (Phi) is 8.43. The number of alkyl halides is 3. The van der Waals surface area contributed by atoms with Crippen LogP contribution in [0.3, 0.4) is 0 Å². The van der Waals surface area contributed by atoms with Crippen LogP contribution in [0.15, 0.2) is 0 Å². The smallest absolute Gasteiger partial charge is 0.366 e. The van der Waals surface area contributed by atoms with Crippen molar-refractivity contribution in [3.05, 3.63) is 0 Å². The Labute approximate surface area is 151 Å². The lowest BCUT2D eigenvalue weighted by atomic mass is 9.96. The van der Waals surface area contributed by atoms with Gasteiger partial charge in [0, 0.05) is 32.7 Å². The molecular weight excluding hydrogens is 363 g/mol.